The summed E-state index contributed by atoms with van der Waals surface area (Å²) in [5.74, 6) is 1.38. The van der Waals surface area contributed by atoms with Gasteiger partial charge in [0, 0.05) is 42.6 Å². The molecule has 2 aromatic heterocycles. The molecule has 0 spiro atoms. The zero-order valence-corrected chi connectivity index (χ0v) is 15.6. The first-order chi connectivity index (χ1) is 12.2. The first kappa shape index (κ1) is 17.5. The number of imidazole rings is 1. The molecule has 0 radical (unpaired) electrons. The summed E-state index contributed by atoms with van der Waals surface area (Å²) in [4.78, 5) is 20.8. The summed E-state index contributed by atoms with van der Waals surface area (Å²) in [5, 5.41) is 6.26. The highest BCUT2D eigenvalue weighted by atomic mass is 32.2. The van der Waals surface area contributed by atoms with Gasteiger partial charge in [0.2, 0.25) is 5.91 Å². The minimum atomic E-state index is -0.0531. The van der Waals surface area contributed by atoms with Crippen molar-refractivity contribution < 1.29 is 9.53 Å². The molecule has 0 atom stereocenters. The third-order valence-corrected chi connectivity index (χ3v) is 5.29. The molecule has 1 amide bonds. The number of nitrogens with one attached hydrogen (secondary N) is 1. The van der Waals surface area contributed by atoms with Gasteiger partial charge in [-0.15, -0.1) is 11.3 Å². The Kier molecular flexibility index (Phi) is 5.72. The van der Waals surface area contributed by atoms with E-state index >= 15 is 0 Å². The first-order valence-corrected chi connectivity index (χ1v) is 9.53. The van der Waals surface area contributed by atoms with Gasteiger partial charge in [0.05, 0.1) is 12.8 Å². The van der Waals surface area contributed by atoms with E-state index < -0.39 is 0 Å². The SMILES string of the molecule is COc1ccccc1-c1csc(NC(=O)CCSc2nccn2C)n1. The maximum absolute atomic E-state index is 12.1. The number of benzene rings is 1. The van der Waals surface area contributed by atoms with Crippen LogP contribution in [0.2, 0.25) is 0 Å². The van der Waals surface area contributed by atoms with Crippen molar-refractivity contribution in [3.8, 4) is 17.0 Å². The fourth-order valence-electron chi connectivity index (χ4n) is 2.22. The van der Waals surface area contributed by atoms with Crippen LogP contribution in [0.1, 0.15) is 6.42 Å². The van der Waals surface area contributed by atoms with Gasteiger partial charge in [-0.05, 0) is 12.1 Å². The third-order valence-electron chi connectivity index (χ3n) is 3.47. The second kappa shape index (κ2) is 8.17. The van der Waals surface area contributed by atoms with Gasteiger partial charge in [-0.2, -0.15) is 0 Å². The molecule has 0 aliphatic rings. The summed E-state index contributed by atoms with van der Waals surface area (Å²) >= 11 is 2.96. The van der Waals surface area contributed by atoms with Crippen LogP contribution in [0, 0.1) is 0 Å². The molecule has 3 aromatic rings. The van der Waals surface area contributed by atoms with Crippen molar-refractivity contribution in [2.45, 2.75) is 11.6 Å². The summed E-state index contributed by atoms with van der Waals surface area (Å²) in [6.45, 7) is 0. The number of methoxy groups -OCH3 is 1. The highest BCUT2D eigenvalue weighted by Gasteiger charge is 2.11. The van der Waals surface area contributed by atoms with Gasteiger partial charge < -0.3 is 14.6 Å². The number of nitrogens with zero attached hydrogens (tertiary/aromatic N) is 3. The van der Waals surface area contributed by atoms with Crippen molar-refractivity contribution in [2.75, 3.05) is 18.2 Å². The number of carbonyl (C=O) groups excluding carboxylic acids is 1. The van der Waals surface area contributed by atoms with E-state index in [9.17, 15) is 4.79 Å². The number of carbonyl (C=O) groups is 1. The number of anilines is 1. The van der Waals surface area contributed by atoms with Crippen LogP contribution in [0.4, 0.5) is 5.13 Å². The van der Waals surface area contributed by atoms with Crippen molar-refractivity contribution in [1.82, 2.24) is 14.5 Å². The lowest BCUT2D eigenvalue weighted by Gasteiger charge is -2.05. The van der Waals surface area contributed by atoms with Gasteiger partial charge in [0.1, 0.15) is 5.75 Å². The van der Waals surface area contributed by atoms with Gasteiger partial charge in [0.25, 0.3) is 0 Å². The van der Waals surface area contributed by atoms with Crippen LogP contribution in [0.5, 0.6) is 5.75 Å². The highest BCUT2D eigenvalue weighted by Crippen LogP contribution is 2.31. The lowest BCUT2D eigenvalue weighted by atomic mass is 10.1. The summed E-state index contributed by atoms with van der Waals surface area (Å²) in [7, 11) is 3.57. The predicted molar refractivity (Wildman–Crippen MR) is 101 cm³/mol. The molecule has 1 N–H and O–H groups in total. The largest absolute Gasteiger partial charge is 0.496 e. The van der Waals surface area contributed by atoms with Crippen LogP contribution < -0.4 is 10.1 Å². The second-order valence-corrected chi connectivity index (χ2v) is 7.13. The minimum absolute atomic E-state index is 0.0531. The van der Waals surface area contributed by atoms with Gasteiger partial charge in [0.15, 0.2) is 10.3 Å². The molecule has 2 heterocycles. The Morgan fingerprint density at radius 1 is 1.40 bits per heavy atom. The molecule has 0 aliphatic carbocycles. The number of hydrogen-bond donors (Lipinski definition) is 1. The number of aromatic nitrogens is 3. The molecule has 25 heavy (non-hydrogen) atoms. The predicted octanol–water partition coefficient (Wildman–Crippen LogP) is 3.67. The molecule has 3 rings (SSSR count). The van der Waals surface area contributed by atoms with Crippen molar-refractivity contribution in [2.24, 2.45) is 7.05 Å². The Morgan fingerprint density at radius 3 is 3.00 bits per heavy atom. The quantitative estimate of drug-likeness (QED) is 0.639. The summed E-state index contributed by atoms with van der Waals surface area (Å²) in [5.41, 5.74) is 1.70. The number of thiazole rings is 1. The number of amides is 1. The van der Waals surface area contributed by atoms with Crippen molar-refractivity contribution >= 4 is 34.1 Å². The van der Waals surface area contributed by atoms with Gasteiger partial charge >= 0.3 is 0 Å². The maximum atomic E-state index is 12.1. The monoisotopic (exact) mass is 374 g/mol. The van der Waals surface area contributed by atoms with E-state index in [1.54, 1.807) is 25.1 Å². The zero-order valence-electron chi connectivity index (χ0n) is 13.9. The van der Waals surface area contributed by atoms with Crippen molar-refractivity contribution in [3.05, 3.63) is 42.0 Å². The van der Waals surface area contributed by atoms with E-state index in [0.717, 1.165) is 22.2 Å². The third kappa shape index (κ3) is 4.40. The number of para-hydroxylation sites is 1. The Hall–Kier alpha value is -2.32. The Bertz CT molecular complexity index is 860. The summed E-state index contributed by atoms with van der Waals surface area (Å²) in [6.07, 6.45) is 4.04. The Morgan fingerprint density at radius 2 is 2.24 bits per heavy atom. The number of thioether (sulfide) groups is 1. The van der Waals surface area contributed by atoms with Gasteiger partial charge in [-0.3, -0.25) is 4.79 Å². The molecule has 0 unspecified atom stereocenters. The Balaban J connectivity index is 1.56. The average Bonchev–Trinajstić information content (AvgIpc) is 3.24. The fourth-order valence-corrected chi connectivity index (χ4v) is 3.82. The normalized spacial score (nSPS) is 10.6. The second-order valence-electron chi connectivity index (χ2n) is 5.21. The van der Waals surface area contributed by atoms with Crippen LogP contribution >= 0.6 is 23.1 Å². The number of ether oxygens (including phenoxy) is 1. The van der Waals surface area contributed by atoms with Gasteiger partial charge in [-0.25, -0.2) is 9.97 Å². The molecule has 130 valence electrons. The van der Waals surface area contributed by atoms with Crippen molar-refractivity contribution in [1.29, 1.82) is 0 Å². The minimum Gasteiger partial charge on any atom is -0.496 e. The molecule has 1 aromatic carbocycles. The average molecular weight is 374 g/mol. The number of hydrogen-bond acceptors (Lipinski definition) is 6. The number of rotatable bonds is 7. The van der Waals surface area contributed by atoms with E-state index in [-0.39, 0.29) is 5.91 Å². The molecule has 0 fully saturated rings. The van der Waals surface area contributed by atoms with E-state index in [2.05, 4.69) is 15.3 Å². The van der Waals surface area contributed by atoms with Crippen LogP contribution in [-0.2, 0) is 11.8 Å². The molecular formula is C17H18N4O2S2. The number of aryl methyl sites for hydroxylation is 1. The molecule has 0 saturated heterocycles. The summed E-state index contributed by atoms with van der Waals surface area (Å²) in [6, 6.07) is 7.69. The van der Waals surface area contributed by atoms with Gasteiger partial charge in [-0.1, -0.05) is 23.9 Å². The molecule has 0 saturated carbocycles. The standard InChI is InChI=1S/C17H18N4O2S2/c1-21-9-8-18-17(21)24-10-7-15(22)20-16-19-13(11-25-16)12-5-3-4-6-14(12)23-2/h3-6,8-9,11H,7,10H2,1-2H3,(H,19,20,22). The van der Waals surface area contributed by atoms with Crippen LogP contribution in [0.15, 0.2) is 47.2 Å². The van der Waals surface area contributed by atoms with Crippen LogP contribution in [0.3, 0.4) is 0 Å². The van der Waals surface area contributed by atoms with E-state index in [0.29, 0.717) is 17.3 Å². The zero-order chi connectivity index (χ0) is 17.6. The van der Waals surface area contributed by atoms with Crippen LogP contribution in [0.25, 0.3) is 11.3 Å². The van der Waals surface area contributed by atoms with Crippen LogP contribution in [-0.4, -0.2) is 33.3 Å². The molecule has 0 bridgehead atoms. The smallest absolute Gasteiger partial charge is 0.226 e. The topological polar surface area (TPSA) is 69.0 Å². The highest BCUT2D eigenvalue weighted by molar-refractivity contribution is 7.99. The van der Waals surface area contributed by atoms with E-state index in [1.807, 2.05) is 47.5 Å². The summed E-state index contributed by atoms with van der Waals surface area (Å²) < 4.78 is 7.29. The fraction of sp³-hybridized carbons (Fsp3) is 0.235. The molecule has 8 heteroatoms. The molecular weight excluding hydrogens is 356 g/mol. The van der Waals surface area contributed by atoms with E-state index in [4.69, 9.17) is 4.74 Å². The first-order valence-electron chi connectivity index (χ1n) is 7.66. The lowest BCUT2D eigenvalue weighted by Crippen LogP contribution is -2.12. The maximum Gasteiger partial charge on any atom is 0.226 e. The van der Waals surface area contributed by atoms with Crippen molar-refractivity contribution in [3.63, 3.8) is 0 Å². The lowest BCUT2D eigenvalue weighted by molar-refractivity contribution is -0.115. The molecule has 6 nitrogen and oxygen atoms in total. The Labute approximate surface area is 154 Å². The van der Waals surface area contributed by atoms with E-state index in [1.165, 1.54) is 11.3 Å². The molecule has 0 aliphatic heterocycles.